The molecule has 0 fully saturated rings. The lowest BCUT2D eigenvalue weighted by Gasteiger charge is -2.19. The zero-order valence-electron chi connectivity index (χ0n) is 17.7. The van der Waals surface area contributed by atoms with Crippen LogP contribution in [0.2, 0.25) is 0 Å². The first kappa shape index (κ1) is 22.3. The number of methoxy groups -OCH3 is 1. The molecule has 2 N–H and O–H groups in total. The fourth-order valence-corrected chi connectivity index (χ4v) is 2.76. The number of benzene rings is 2. The summed E-state index contributed by atoms with van der Waals surface area (Å²) in [5, 5.41) is 5.77. The number of hydrogen-bond acceptors (Lipinski definition) is 4. The molecule has 0 bridgehead atoms. The van der Waals surface area contributed by atoms with E-state index in [2.05, 4.69) is 10.6 Å². The lowest BCUT2D eigenvalue weighted by molar-refractivity contribution is 0.0523. The molecule has 156 valence electrons. The van der Waals surface area contributed by atoms with E-state index in [1.54, 1.807) is 19.2 Å². The summed E-state index contributed by atoms with van der Waals surface area (Å²) in [7, 11) is 1.63. The molecule has 6 heteroatoms. The van der Waals surface area contributed by atoms with E-state index in [1.807, 2.05) is 64.1 Å². The highest BCUT2D eigenvalue weighted by molar-refractivity contribution is 5.94. The van der Waals surface area contributed by atoms with Gasteiger partial charge >= 0.3 is 6.09 Å². The monoisotopic (exact) mass is 398 g/mol. The van der Waals surface area contributed by atoms with E-state index in [-0.39, 0.29) is 11.9 Å². The number of nitrogens with one attached hydrogen (secondary N) is 2. The van der Waals surface area contributed by atoms with Crippen LogP contribution in [0.25, 0.3) is 0 Å². The summed E-state index contributed by atoms with van der Waals surface area (Å²) in [5.41, 5.74) is 1.94. The molecule has 2 aromatic carbocycles. The van der Waals surface area contributed by atoms with E-state index in [0.717, 1.165) is 23.3 Å². The lowest BCUT2D eigenvalue weighted by Crippen LogP contribution is -2.32. The molecule has 1 unspecified atom stereocenters. The fourth-order valence-electron chi connectivity index (χ4n) is 2.76. The third kappa shape index (κ3) is 7.14. The summed E-state index contributed by atoms with van der Waals surface area (Å²) in [4.78, 5) is 24.4. The van der Waals surface area contributed by atoms with E-state index >= 15 is 0 Å². The minimum absolute atomic E-state index is 0.0816. The summed E-state index contributed by atoms with van der Waals surface area (Å²) < 4.78 is 10.4. The Kier molecular flexibility index (Phi) is 7.65. The first-order valence-corrected chi connectivity index (χ1v) is 9.72. The standard InChI is InChI=1S/C23H30N2O4/c1-6-20(17-11-13-19(28-5)14-12-17)25-21(26)18-9-7-16(8-10-18)15-24-22(27)29-23(2,3)4/h7-14,20H,6,15H2,1-5H3,(H,24,27)(H,25,26). The zero-order chi connectivity index (χ0) is 21.4. The molecule has 0 spiro atoms. The maximum absolute atomic E-state index is 12.6. The predicted octanol–water partition coefficient (Wildman–Crippen LogP) is 4.60. The van der Waals surface area contributed by atoms with Crippen LogP contribution in [-0.2, 0) is 11.3 Å². The molecule has 2 amide bonds. The van der Waals surface area contributed by atoms with Gasteiger partial charge in [0.2, 0.25) is 0 Å². The minimum atomic E-state index is -0.536. The summed E-state index contributed by atoms with van der Waals surface area (Å²) in [6.45, 7) is 7.81. The van der Waals surface area contributed by atoms with E-state index in [9.17, 15) is 9.59 Å². The Bertz CT molecular complexity index is 808. The van der Waals surface area contributed by atoms with Crippen LogP contribution in [0, 0.1) is 0 Å². The zero-order valence-corrected chi connectivity index (χ0v) is 17.7. The van der Waals surface area contributed by atoms with Gasteiger partial charge in [-0.2, -0.15) is 0 Å². The van der Waals surface area contributed by atoms with E-state index in [1.165, 1.54) is 0 Å². The third-order valence-electron chi connectivity index (χ3n) is 4.28. The van der Waals surface area contributed by atoms with Crippen molar-refractivity contribution >= 4 is 12.0 Å². The summed E-state index contributed by atoms with van der Waals surface area (Å²) in [5.74, 6) is 0.643. The Balaban J connectivity index is 1.94. The van der Waals surface area contributed by atoms with Crippen LogP contribution in [0.3, 0.4) is 0 Å². The quantitative estimate of drug-likeness (QED) is 0.715. The largest absolute Gasteiger partial charge is 0.497 e. The van der Waals surface area contributed by atoms with Crippen LogP contribution in [0.4, 0.5) is 4.79 Å². The van der Waals surface area contributed by atoms with Crippen molar-refractivity contribution in [3.05, 3.63) is 65.2 Å². The first-order valence-electron chi connectivity index (χ1n) is 9.72. The number of alkyl carbamates (subject to hydrolysis) is 1. The number of amides is 2. The Hall–Kier alpha value is -3.02. The van der Waals surface area contributed by atoms with Crippen molar-refractivity contribution in [1.29, 1.82) is 0 Å². The molecule has 0 radical (unpaired) electrons. The van der Waals surface area contributed by atoms with Crippen molar-refractivity contribution in [2.24, 2.45) is 0 Å². The van der Waals surface area contributed by atoms with Gasteiger partial charge in [-0.05, 0) is 62.6 Å². The highest BCUT2D eigenvalue weighted by Crippen LogP contribution is 2.20. The van der Waals surface area contributed by atoms with Gasteiger partial charge in [-0.25, -0.2) is 4.79 Å². The van der Waals surface area contributed by atoms with Crippen LogP contribution < -0.4 is 15.4 Å². The van der Waals surface area contributed by atoms with E-state index in [4.69, 9.17) is 9.47 Å². The smallest absolute Gasteiger partial charge is 0.407 e. The Morgan fingerprint density at radius 1 is 1.00 bits per heavy atom. The molecule has 0 heterocycles. The number of ether oxygens (including phenoxy) is 2. The van der Waals surface area contributed by atoms with Crippen LogP contribution in [0.5, 0.6) is 5.75 Å². The average Bonchev–Trinajstić information content (AvgIpc) is 2.69. The topological polar surface area (TPSA) is 76.7 Å². The molecule has 2 rings (SSSR count). The molecule has 0 aliphatic heterocycles. The van der Waals surface area contributed by atoms with Crippen LogP contribution >= 0.6 is 0 Å². The van der Waals surface area contributed by atoms with Gasteiger partial charge in [0.25, 0.3) is 5.91 Å². The van der Waals surface area contributed by atoms with Crippen molar-refractivity contribution in [1.82, 2.24) is 10.6 Å². The summed E-state index contributed by atoms with van der Waals surface area (Å²) in [6.07, 6.45) is 0.306. The molecule has 29 heavy (non-hydrogen) atoms. The second kappa shape index (κ2) is 9.96. The number of carbonyl (C=O) groups is 2. The maximum atomic E-state index is 12.6. The van der Waals surface area contributed by atoms with Crippen LogP contribution in [0.15, 0.2) is 48.5 Å². The average molecular weight is 399 g/mol. The fraction of sp³-hybridized carbons (Fsp3) is 0.391. The van der Waals surface area contributed by atoms with E-state index in [0.29, 0.717) is 12.1 Å². The van der Waals surface area contributed by atoms with Gasteiger partial charge in [0.15, 0.2) is 0 Å². The molecule has 6 nitrogen and oxygen atoms in total. The van der Waals surface area contributed by atoms with Gasteiger partial charge in [-0.1, -0.05) is 31.2 Å². The maximum Gasteiger partial charge on any atom is 0.407 e. The first-order chi connectivity index (χ1) is 13.7. The van der Waals surface area contributed by atoms with Crippen LogP contribution in [0.1, 0.15) is 61.6 Å². The Labute approximate surface area is 172 Å². The molecule has 0 saturated carbocycles. The highest BCUT2D eigenvalue weighted by Gasteiger charge is 2.16. The number of rotatable bonds is 7. The molecular weight excluding hydrogens is 368 g/mol. The molecule has 2 aromatic rings. The van der Waals surface area contributed by atoms with Gasteiger partial charge in [-0.3, -0.25) is 4.79 Å². The predicted molar refractivity (Wildman–Crippen MR) is 113 cm³/mol. The summed E-state index contributed by atoms with van der Waals surface area (Å²) >= 11 is 0. The molecule has 0 aliphatic rings. The van der Waals surface area contributed by atoms with Gasteiger partial charge in [-0.15, -0.1) is 0 Å². The van der Waals surface area contributed by atoms with Crippen LogP contribution in [-0.4, -0.2) is 24.7 Å². The minimum Gasteiger partial charge on any atom is -0.497 e. The molecule has 0 saturated heterocycles. The van der Waals surface area contributed by atoms with Crippen molar-refractivity contribution in [2.75, 3.05) is 7.11 Å². The van der Waals surface area contributed by atoms with Crippen molar-refractivity contribution in [3.63, 3.8) is 0 Å². The van der Waals surface area contributed by atoms with Gasteiger partial charge in [0.05, 0.1) is 13.2 Å². The number of carbonyl (C=O) groups excluding carboxylic acids is 2. The molecule has 0 aliphatic carbocycles. The van der Waals surface area contributed by atoms with Gasteiger partial charge in [0, 0.05) is 12.1 Å². The van der Waals surface area contributed by atoms with Crippen molar-refractivity contribution < 1.29 is 19.1 Å². The Morgan fingerprint density at radius 3 is 2.14 bits per heavy atom. The van der Waals surface area contributed by atoms with Crippen molar-refractivity contribution in [2.45, 2.75) is 52.3 Å². The lowest BCUT2D eigenvalue weighted by atomic mass is 10.0. The molecule has 0 aromatic heterocycles. The highest BCUT2D eigenvalue weighted by atomic mass is 16.6. The second-order valence-corrected chi connectivity index (χ2v) is 7.76. The number of hydrogen-bond donors (Lipinski definition) is 2. The normalized spacial score (nSPS) is 12.0. The SMILES string of the molecule is CCC(NC(=O)c1ccc(CNC(=O)OC(C)(C)C)cc1)c1ccc(OC)cc1. The summed E-state index contributed by atoms with van der Waals surface area (Å²) in [6, 6.07) is 14.7. The molecular formula is C23H30N2O4. The van der Waals surface area contributed by atoms with E-state index < -0.39 is 11.7 Å². The third-order valence-corrected chi connectivity index (χ3v) is 4.28. The second-order valence-electron chi connectivity index (χ2n) is 7.76. The van der Waals surface area contributed by atoms with Crippen molar-refractivity contribution in [3.8, 4) is 5.75 Å². The van der Waals surface area contributed by atoms with Gasteiger partial charge < -0.3 is 20.1 Å². The molecule has 1 atom stereocenters. The Morgan fingerprint density at radius 2 is 1.62 bits per heavy atom. The van der Waals surface area contributed by atoms with Gasteiger partial charge in [0.1, 0.15) is 11.4 Å².